The summed E-state index contributed by atoms with van der Waals surface area (Å²) in [5.74, 6) is -2.95. The lowest BCUT2D eigenvalue weighted by atomic mass is 10.1. The summed E-state index contributed by atoms with van der Waals surface area (Å²) in [6, 6.07) is 7.93. The fourth-order valence-corrected chi connectivity index (χ4v) is 1.71. The second kappa shape index (κ2) is 11.9. The van der Waals surface area contributed by atoms with Crippen LogP contribution in [0.3, 0.4) is 0 Å². The van der Waals surface area contributed by atoms with E-state index in [1.165, 1.54) is 4.90 Å². The van der Waals surface area contributed by atoms with Gasteiger partial charge in [0.15, 0.2) is 12.2 Å². The molecule has 0 spiro atoms. The summed E-state index contributed by atoms with van der Waals surface area (Å²) in [4.78, 5) is 34.8. The maximum absolute atomic E-state index is 11.7. The SMILES string of the molecule is CCN(C)C(=O)Oc1cccc(C(C)N(C)C)c1.O=C(O)C(O)C(O)C(=O)O. The van der Waals surface area contributed by atoms with Gasteiger partial charge in [-0.25, -0.2) is 14.4 Å². The highest BCUT2D eigenvalue weighted by Crippen LogP contribution is 2.22. The van der Waals surface area contributed by atoms with Crippen LogP contribution in [0.5, 0.6) is 5.75 Å². The molecule has 0 heterocycles. The minimum Gasteiger partial charge on any atom is -0.479 e. The van der Waals surface area contributed by atoms with Crippen molar-refractivity contribution in [3.63, 3.8) is 0 Å². The first-order chi connectivity index (χ1) is 12.9. The number of carboxylic acids is 2. The first-order valence-electron chi connectivity index (χ1n) is 8.43. The van der Waals surface area contributed by atoms with Gasteiger partial charge in [0.05, 0.1) is 0 Å². The molecule has 0 fully saturated rings. The molecule has 1 amide bonds. The fourth-order valence-electron chi connectivity index (χ4n) is 1.71. The molecule has 10 heteroatoms. The maximum Gasteiger partial charge on any atom is 0.414 e. The molecule has 0 aliphatic rings. The average Bonchev–Trinajstić information content (AvgIpc) is 2.65. The van der Waals surface area contributed by atoms with Crippen LogP contribution in [0.25, 0.3) is 0 Å². The smallest absolute Gasteiger partial charge is 0.414 e. The summed E-state index contributed by atoms with van der Waals surface area (Å²) in [5.41, 5.74) is 1.13. The van der Waals surface area contributed by atoms with E-state index < -0.39 is 24.1 Å². The number of carbonyl (C=O) groups is 3. The highest BCUT2D eigenvalue weighted by molar-refractivity contribution is 5.83. The number of aliphatic hydroxyl groups excluding tert-OH is 2. The standard InChI is InChI=1S/C14H22N2O2.C4H6O6/c1-6-16(5)14(17)18-13-9-7-8-12(10-13)11(2)15(3)4;5-1(3(7)8)2(6)4(9)10/h7-11H,6H2,1-5H3;1-2,5-6H,(H,7,8)(H,9,10). The Labute approximate surface area is 163 Å². The highest BCUT2D eigenvalue weighted by Gasteiger charge is 2.29. The second-order valence-corrected chi connectivity index (χ2v) is 6.16. The van der Waals surface area contributed by atoms with E-state index in [-0.39, 0.29) is 12.1 Å². The van der Waals surface area contributed by atoms with Crippen molar-refractivity contribution in [1.82, 2.24) is 9.80 Å². The van der Waals surface area contributed by atoms with Crippen LogP contribution in [0, 0.1) is 0 Å². The van der Waals surface area contributed by atoms with E-state index in [1.54, 1.807) is 13.1 Å². The van der Waals surface area contributed by atoms with Gasteiger partial charge in [0.25, 0.3) is 0 Å². The number of rotatable bonds is 7. The Morgan fingerprint density at radius 3 is 1.93 bits per heavy atom. The molecule has 4 N–H and O–H groups in total. The number of hydrogen-bond donors (Lipinski definition) is 4. The van der Waals surface area contributed by atoms with Crippen molar-refractivity contribution in [2.75, 3.05) is 27.7 Å². The van der Waals surface area contributed by atoms with Gasteiger partial charge in [0, 0.05) is 19.6 Å². The van der Waals surface area contributed by atoms with Crippen LogP contribution in [0.15, 0.2) is 24.3 Å². The Bertz CT molecular complexity index is 647. The Balaban J connectivity index is 0.000000621. The fraction of sp³-hybridized carbons (Fsp3) is 0.500. The van der Waals surface area contributed by atoms with Crippen LogP contribution >= 0.6 is 0 Å². The first-order valence-corrected chi connectivity index (χ1v) is 8.43. The summed E-state index contributed by atoms with van der Waals surface area (Å²) in [6.07, 6.45) is -4.86. The molecule has 0 aliphatic carbocycles. The Morgan fingerprint density at radius 2 is 1.54 bits per heavy atom. The number of carboxylic acid groups (broad SMARTS) is 2. The van der Waals surface area contributed by atoms with Gasteiger partial charge in [-0.15, -0.1) is 0 Å². The van der Waals surface area contributed by atoms with E-state index >= 15 is 0 Å². The summed E-state index contributed by atoms with van der Waals surface area (Å²) in [6.45, 7) is 4.65. The number of amides is 1. The lowest BCUT2D eigenvalue weighted by Crippen LogP contribution is -2.39. The topological polar surface area (TPSA) is 148 Å². The molecule has 0 saturated heterocycles. The third-order valence-corrected chi connectivity index (χ3v) is 3.91. The van der Waals surface area contributed by atoms with Gasteiger partial charge in [-0.1, -0.05) is 12.1 Å². The number of ether oxygens (including phenoxy) is 1. The molecular formula is C18H28N2O8. The number of hydrogen-bond acceptors (Lipinski definition) is 7. The average molecular weight is 400 g/mol. The van der Waals surface area contributed by atoms with Gasteiger partial charge in [-0.2, -0.15) is 0 Å². The molecule has 3 unspecified atom stereocenters. The number of benzene rings is 1. The third-order valence-electron chi connectivity index (χ3n) is 3.91. The zero-order valence-corrected chi connectivity index (χ0v) is 16.6. The molecule has 1 aromatic rings. The van der Waals surface area contributed by atoms with Crippen molar-refractivity contribution in [1.29, 1.82) is 0 Å². The largest absolute Gasteiger partial charge is 0.479 e. The molecule has 0 radical (unpaired) electrons. The highest BCUT2D eigenvalue weighted by atomic mass is 16.6. The van der Waals surface area contributed by atoms with Gasteiger partial charge < -0.3 is 35.0 Å². The van der Waals surface area contributed by atoms with Crippen LogP contribution in [0.2, 0.25) is 0 Å². The van der Waals surface area contributed by atoms with Crippen LogP contribution in [0.4, 0.5) is 4.79 Å². The van der Waals surface area contributed by atoms with E-state index in [0.717, 1.165) is 5.56 Å². The van der Waals surface area contributed by atoms with Gasteiger partial charge in [0.1, 0.15) is 5.75 Å². The molecule has 3 atom stereocenters. The Hall–Kier alpha value is -2.69. The van der Waals surface area contributed by atoms with Crippen LogP contribution in [-0.2, 0) is 9.59 Å². The molecule has 0 aliphatic heterocycles. The van der Waals surface area contributed by atoms with Crippen molar-refractivity contribution in [3.05, 3.63) is 29.8 Å². The van der Waals surface area contributed by atoms with E-state index in [0.29, 0.717) is 12.3 Å². The van der Waals surface area contributed by atoms with Crippen LogP contribution in [0.1, 0.15) is 25.5 Å². The van der Waals surface area contributed by atoms with Gasteiger partial charge in [0.2, 0.25) is 0 Å². The number of aliphatic hydroxyl groups is 2. The lowest BCUT2D eigenvalue weighted by Gasteiger charge is -2.21. The minimum atomic E-state index is -2.27. The van der Waals surface area contributed by atoms with Crippen molar-refractivity contribution in [2.24, 2.45) is 0 Å². The predicted molar refractivity (Wildman–Crippen MR) is 100 cm³/mol. The van der Waals surface area contributed by atoms with Crippen molar-refractivity contribution < 1.29 is 39.5 Å². The molecule has 158 valence electrons. The zero-order chi connectivity index (χ0) is 22.0. The molecule has 0 saturated carbocycles. The van der Waals surface area contributed by atoms with Crippen molar-refractivity contribution >= 4 is 18.0 Å². The minimum absolute atomic E-state index is 0.285. The summed E-state index contributed by atoms with van der Waals surface area (Å²) in [7, 11) is 5.76. The van der Waals surface area contributed by atoms with E-state index in [9.17, 15) is 14.4 Å². The molecule has 0 bridgehead atoms. The summed E-state index contributed by atoms with van der Waals surface area (Å²) in [5, 5.41) is 32.5. The van der Waals surface area contributed by atoms with Crippen LogP contribution < -0.4 is 4.74 Å². The van der Waals surface area contributed by atoms with E-state index in [4.69, 9.17) is 25.2 Å². The zero-order valence-electron chi connectivity index (χ0n) is 16.6. The summed E-state index contributed by atoms with van der Waals surface area (Å²) >= 11 is 0. The quantitative estimate of drug-likeness (QED) is 0.517. The molecular weight excluding hydrogens is 372 g/mol. The van der Waals surface area contributed by atoms with Crippen molar-refractivity contribution in [2.45, 2.75) is 32.1 Å². The molecule has 1 rings (SSSR count). The molecule has 10 nitrogen and oxygen atoms in total. The summed E-state index contributed by atoms with van der Waals surface area (Å²) < 4.78 is 5.31. The maximum atomic E-state index is 11.7. The Morgan fingerprint density at radius 1 is 1.04 bits per heavy atom. The van der Waals surface area contributed by atoms with Crippen LogP contribution in [-0.4, -0.2) is 88.2 Å². The van der Waals surface area contributed by atoms with Gasteiger partial charge in [-0.3, -0.25) is 0 Å². The number of aliphatic carboxylic acids is 2. The number of carbonyl (C=O) groups excluding carboxylic acids is 1. The van der Waals surface area contributed by atoms with Gasteiger partial charge in [-0.05, 0) is 45.6 Å². The van der Waals surface area contributed by atoms with Gasteiger partial charge >= 0.3 is 18.0 Å². The molecule has 0 aromatic heterocycles. The third kappa shape index (κ3) is 8.33. The first kappa shape index (κ1) is 25.3. The van der Waals surface area contributed by atoms with Crippen molar-refractivity contribution in [3.8, 4) is 5.75 Å². The van der Waals surface area contributed by atoms with E-state index in [2.05, 4.69) is 11.8 Å². The molecule has 28 heavy (non-hydrogen) atoms. The lowest BCUT2D eigenvalue weighted by molar-refractivity contribution is -0.165. The normalized spacial score (nSPS) is 13.6. The predicted octanol–water partition coefficient (Wildman–Crippen LogP) is 0.637. The number of nitrogens with zero attached hydrogens (tertiary/aromatic N) is 2. The Kier molecular flexibility index (Phi) is 10.8. The molecule has 1 aromatic carbocycles. The monoisotopic (exact) mass is 400 g/mol. The second-order valence-electron chi connectivity index (χ2n) is 6.16. The van der Waals surface area contributed by atoms with E-state index in [1.807, 2.05) is 39.2 Å².